The zero-order valence-electron chi connectivity index (χ0n) is 13.9. The maximum atomic E-state index is 12.2. The minimum Gasteiger partial charge on any atom is -0.494 e. The summed E-state index contributed by atoms with van der Waals surface area (Å²) in [4.78, 5) is 18.8. The number of hydrogen-bond donors (Lipinski definition) is 1. The average molecular weight is 325 g/mol. The molecule has 0 spiro atoms. The van der Waals surface area contributed by atoms with Crippen molar-refractivity contribution in [2.24, 2.45) is 0 Å². The van der Waals surface area contributed by atoms with Crippen LogP contribution in [0.3, 0.4) is 0 Å². The monoisotopic (exact) mass is 325 g/mol. The van der Waals surface area contributed by atoms with Crippen molar-refractivity contribution in [2.45, 2.75) is 25.8 Å². The van der Waals surface area contributed by atoms with Gasteiger partial charge in [-0.2, -0.15) is 0 Å². The number of hydrogen-bond acceptors (Lipinski definition) is 4. The number of amides is 1. The molecule has 1 saturated heterocycles. The number of rotatable bonds is 6. The third-order valence-corrected chi connectivity index (χ3v) is 4.13. The summed E-state index contributed by atoms with van der Waals surface area (Å²) in [6, 6.07) is 13.8. The van der Waals surface area contributed by atoms with Crippen molar-refractivity contribution in [3.05, 3.63) is 54.2 Å². The Labute approximate surface area is 142 Å². The Bertz CT molecular complexity index is 658. The molecule has 3 rings (SSSR count). The van der Waals surface area contributed by atoms with E-state index in [0.29, 0.717) is 13.0 Å². The van der Waals surface area contributed by atoms with E-state index in [9.17, 15) is 4.79 Å². The summed E-state index contributed by atoms with van der Waals surface area (Å²) >= 11 is 0. The fraction of sp³-hybridized carbons (Fsp3) is 0.368. The molecule has 5 nitrogen and oxygen atoms in total. The van der Waals surface area contributed by atoms with E-state index in [1.54, 1.807) is 6.20 Å². The van der Waals surface area contributed by atoms with Gasteiger partial charge < -0.3 is 15.0 Å². The summed E-state index contributed by atoms with van der Waals surface area (Å²) in [7, 11) is 0. The van der Waals surface area contributed by atoms with E-state index in [-0.39, 0.29) is 11.9 Å². The molecule has 1 unspecified atom stereocenters. The number of nitrogens with zero attached hydrogens (tertiary/aromatic N) is 2. The molecular formula is C19H23N3O2. The van der Waals surface area contributed by atoms with Gasteiger partial charge in [0.25, 0.3) is 0 Å². The van der Waals surface area contributed by atoms with Crippen LogP contribution in [0.15, 0.2) is 48.7 Å². The molecule has 0 bridgehead atoms. The van der Waals surface area contributed by atoms with Crippen molar-refractivity contribution in [3.63, 3.8) is 0 Å². The second-order valence-electron chi connectivity index (χ2n) is 5.94. The molecule has 1 N–H and O–H groups in total. The first-order chi connectivity index (χ1) is 11.7. The van der Waals surface area contributed by atoms with Crippen LogP contribution < -0.4 is 15.0 Å². The van der Waals surface area contributed by atoms with Gasteiger partial charge in [0, 0.05) is 25.3 Å². The summed E-state index contributed by atoms with van der Waals surface area (Å²) in [5.74, 6) is 1.87. The van der Waals surface area contributed by atoms with Gasteiger partial charge in [0.05, 0.1) is 13.0 Å². The normalized spacial score (nSPS) is 16.9. The van der Waals surface area contributed by atoms with Crippen molar-refractivity contribution in [1.82, 2.24) is 10.3 Å². The molecule has 0 aliphatic carbocycles. The molecule has 24 heavy (non-hydrogen) atoms. The number of anilines is 1. The van der Waals surface area contributed by atoms with E-state index in [2.05, 4.69) is 15.2 Å². The summed E-state index contributed by atoms with van der Waals surface area (Å²) < 4.78 is 5.42. The van der Waals surface area contributed by atoms with Crippen LogP contribution in [-0.4, -0.2) is 36.6 Å². The number of carbonyl (C=O) groups excluding carboxylic acids is 1. The molecule has 2 aromatic rings. The lowest BCUT2D eigenvalue weighted by molar-refractivity contribution is -0.121. The third-order valence-electron chi connectivity index (χ3n) is 4.13. The Hall–Kier alpha value is -2.56. The van der Waals surface area contributed by atoms with Gasteiger partial charge in [0.1, 0.15) is 11.6 Å². The lowest BCUT2D eigenvalue weighted by Crippen LogP contribution is -2.38. The summed E-state index contributed by atoms with van der Waals surface area (Å²) in [6.45, 7) is 4.34. The Morgan fingerprint density at radius 1 is 1.29 bits per heavy atom. The van der Waals surface area contributed by atoms with Crippen LogP contribution in [0, 0.1) is 0 Å². The van der Waals surface area contributed by atoms with Crippen molar-refractivity contribution in [2.75, 3.05) is 24.6 Å². The minimum absolute atomic E-state index is 0.0621. The molecule has 1 aromatic heterocycles. The predicted octanol–water partition coefficient (Wildman–Crippen LogP) is 2.42. The van der Waals surface area contributed by atoms with Crippen molar-refractivity contribution >= 4 is 11.7 Å². The molecule has 1 aliphatic heterocycles. The number of benzene rings is 1. The van der Waals surface area contributed by atoms with E-state index >= 15 is 0 Å². The zero-order chi connectivity index (χ0) is 16.8. The molecular weight excluding hydrogens is 302 g/mol. The highest BCUT2D eigenvalue weighted by molar-refractivity contribution is 5.79. The highest BCUT2D eigenvalue weighted by Gasteiger charge is 2.24. The topological polar surface area (TPSA) is 54.5 Å². The van der Waals surface area contributed by atoms with E-state index in [4.69, 9.17) is 4.74 Å². The highest BCUT2D eigenvalue weighted by Crippen LogP contribution is 2.17. The molecule has 1 aliphatic rings. The minimum atomic E-state index is 0.0621. The highest BCUT2D eigenvalue weighted by atomic mass is 16.5. The van der Waals surface area contributed by atoms with E-state index in [1.807, 2.05) is 49.4 Å². The summed E-state index contributed by atoms with van der Waals surface area (Å²) in [6.07, 6.45) is 3.14. The molecule has 1 fully saturated rings. The molecule has 1 amide bonds. The Morgan fingerprint density at radius 2 is 2.12 bits per heavy atom. The average Bonchev–Trinajstić information content (AvgIpc) is 3.06. The molecule has 0 radical (unpaired) electrons. The number of pyridine rings is 1. The van der Waals surface area contributed by atoms with Gasteiger partial charge in [-0.25, -0.2) is 4.98 Å². The lowest BCUT2D eigenvalue weighted by Gasteiger charge is -2.17. The van der Waals surface area contributed by atoms with Gasteiger partial charge in [0.15, 0.2) is 0 Å². The van der Waals surface area contributed by atoms with Gasteiger partial charge >= 0.3 is 0 Å². The first-order valence-corrected chi connectivity index (χ1v) is 8.41. The summed E-state index contributed by atoms with van der Waals surface area (Å²) in [5.41, 5.74) is 0.996. The fourth-order valence-electron chi connectivity index (χ4n) is 2.96. The van der Waals surface area contributed by atoms with Crippen LogP contribution in [0.5, 0.6) is 5.75 Å². The van der Waals surface area contributed by atoms with Gasteiger partial charge in [-0.3, -0.25) is 4.79 Å². The van der Waals surface area contributed by atoms with Crippen molar-refractivity contribution < 1.29 is 9.53 Å². The Balaban J connectivity index is 1.49. The SMILES string of the molecule is CCOc1ccc(CC(=O)NC2CCN(c3ccccn3)C2)cc1. The number of carbonyl (C=O) groups is 1. The second-order valence-corrected chi connectivity index (χ2v) is 5.94. The maximum absolute atomic E-state index is 12.2. The van der Waals surface area contributed by atoms with Crippen LogP contribution in [0.4, 0.5) is 5.82 Å². The predicted molar refractivity (Wildman–Crippen MR) is 94.3 cm³/mol. The molecule has 2 heterocycles. The van der Waals surface area contributed by atoms with E-state index in [1.165, 1.54) is 0 Å². The van der Waals surface area contributed by atoms with Crippen LogP contribution in [-0.2, 0) is 11.2 Å². The Kier molecular flexibility index (Phi) is 5.31. The van der Waals surface area contributed by atoms with Crippen molar-refractivity contribution in [3.8, 4) is 5.75 Å². The van der Waals surface area contributed by atoms with Crippen molar-refractivity contribution in [1.29, 1.82) is 0 Å². The first-order valence-electron chi connectivity index (χ1n) is 8.41. The van der Waals surface area contributed by atoms with Gasteiger partial charge in [-0.15, -0.1) is 0 Å². The van der Waals surface area contributed by atoms with Gasteiger partial charge in [-0.05, 0) is 43.2 Å². The lowest BCUT2D eigenvalue weighted by atomic mass is 10.1. The standard InChI is InChI=1S/C19H23N3O2/c1-2-24-17-8-6-15(7-9-17)13-19(23)21-16-10-12-22(14-16)18-5-3-4-11-20-18/h3-9,11,16H,2,10,12-14H2,1H3,(H,21,23). The Morgan fingerprint density at radius 3 is 2.83 bits per heavy atom. The summed E-state index contributed by atoms with van der Waals surface area (Å²) in [5, 5.41) is 3.13. The molecule has 126 valence electrons. The van der Waals surface area contributed by atoms with Gasteiger partial charge in [0.2, 0.25) is 5.91 Å². The maximum Gasteiger partial charge on any atom is 0.224 e. The fourth-order valence-corrected chi connectivity index (χ4v) is 2.96. The number of ether oxygens (including phenoxy) is 1. The second kappa shape index (κ2) is 7.81. The number of nitrogens with one attached hydrogen (secondary N) is 1. The van der Waals surface area contributed by atoms with Crippen LogP contribution >= 0.6 is 0 Å². The third kappa shape index (κ3) is 4.25. The largest absolute Gasteiger partial charge is 0.494 e. The van der Waals surface area contributed by atoms with E-state index < -0.39 is 0 Å². The van der Waals surface area contributed by atoms with Crippen LogP contribution in [0.25, 0.3) is 0 Å². The molecule has 0 saturated carbocycles. The van der Waals surface area contributed by atoms with Crippen LogP contribution in [0.2, 0.25) is 0 Å². The quantitative estimate of drug-likeness (QED) is 0.886. The number of aromatic nitrogens is 1. The molecule has 1 aromatic carbocycles. The van der Waals surface area contributed by atoms with Crippen LogP contribution in [0.1, 0.15) is 18.9 Å². The smallest absolute Gasteiger partial charge is 0.224 e. The zero-order valence-corrected chi connectivity index (χ0v) is 13.9. The molecule has 5 heteroatoms. The first kappa shape index (κ1) is 16.3. The van der Waals surface area contributed by atoms with Gasteiger partial charge in [-0.1, -0.05) is 18.2 Å². The molecule has 1 atom stereocenters. The van der Waals surface area contributed by atoms with E-state index in [0.717, 1.165) is 36.6 Å².